The van der Waals surface area contributed by atoms with Crippen molar-refractivity contribution in [2.45, 2.75) is 25.3 Å². The summed E-state index contributed by atoms with van der Waals surface area (Å²) in [4.78, 5) is 2.56. The molecule has 1 fully saturated rings. The summed E-state index contributed by atoms with van der Waals surface area (Å²) in [5.74, 6) is 0. The fourth-order valence-corrected chi connectivity index (χ4v) is 2.48. The predicted molar refractivity (Wildman–Crippen MR) is 66.5 cm³/mol. The highest BCUT2D eigenvalue weighted by molar-refractivity contribution is 5.19. The summed E-state index contributed by atoms with van der Waals surface area (Å²) in [5.41, 5.74) is 1.38. The van der Waals surface area contributed by atoms with Crippen molar-refractivity contribution in [3.8, 4) is 0 Å². The van der Waals surface area contributed by atoms with Crippen LogP contribution in [0.15, 0.2) is 30.3 Å². The number of hydrogen-bond donors (Lipinski definition) is 0. The molecule has 2 rings (SSSR count). The van der Waals surface area contributed by atoms with Crippen molar-refractivity contribution in [2.75, 3.05) is 26.8 Å². The molecule has 1 atom stereocenters. The van der Waals surface area contributed by atoms with E-state index in [2.05, 4.69) is 35.2 Å². The summed E-state index contributed by atoms with van der Waals surface area (Å²) >= 11 is 0. The Morgan fingerprint density at radius 3 is 2.44 bits per heavy atom. The Morgan fingerprint density at radius 2 is 1.81 bits per heavy atom. The van der Waals surface area contributed by atoms with Crippen LogP contribution in [0, 0.1) is 0 Å². The molecule has 0 unspecified atom stereocenters. The van der Waals surface area contributed by atoms with Gasteiger partial charge < -0.3 is 4.74 Å². The van der Waals surface area contributed by atoms with Gasteiger partial charge in [-0.15, -0.1) is 0 Å². The number of rotatable bonds is 4. The van der Waals surface area contributed by atoms with Gasteiger partial charge in [-0.25, -0.2) is 0 Å². The van der Waals surface area contributed by atoms with Gasteiger partial charge in [0, 0.05) is 7.11 Å². The number of benzene rings is 1. The summed E-state index contributed by atoms with van der Waals surface area (Å²) < 4.78 is 5.37. The molecule has 1 aromatic rings. The minimum Gasteiger partial charge on any atom is -0.383 e. The van der Waals surface area contributed by atoms with E-state index in [9.17, 15) is 0 Å². The monoisotopic (exact) mass is 219 g/mol. The van der Waals surface area contributed by atoms with Gasteiger partial charge in [-0.05, 0) is 31.5 Å². The molecule has 1 aromatic carbocycles. The van der Waals surface area contributed by atoms with E-state index in [1.54, 1.807) is 7.11 Å². The van der Waals surface area contributed by atoms with Crippen LogP contribution >= 0.6 is 0 Å². The number of ether oxygens (including phenoxy) is 1. The zero-order valence-electron chi connectivity index (χ0n) is 10.1. The Hall–Kier alpha value is -0.860. The van der Waals surface area contributed by atoms with Crippen LogP contribution in [-0.2, 0) is 4.74 Å². The fourth-order valence-electron chi connectivity index (χ4n) is 2.48. The van der Waals surface area contributed by atoms with Crippen LogP contribution in [0.5, 0.6) is 0 Å². The molecular weight excluding hydrogens is 198 g/mol. The first-order valence-electron chi connectivity index (χ1n) is 6.20. The van der Waals surface area contributed by atoms with E-state index in [1.807, 2.05) is 0 Å². The molecule has 0 spiro atoms. The zero-order valence-corrected chi connectivity index (χ0v) is 10.1. The van der Waals surface area contributed by atoms with Gasteiger partial charge in [-0.1, -0.05) is 36.8 Å². The van der Waals surface area contributed by atoms with Gasteiger partial charge in [0.05, 0.1) is 12.6 Å². The molecule has 0 bridgehead atoms. The van der Waals surface area contributed by atoms with E-state index < -0.39 is 0 Å². The molecule has 0 saturated carbocycles. The highest BCUT2D eigenvalue weighted by Gasteiger charge is 2.21. The van der Waals surface area contributed by atoms with Crippen LogP contribution in [0.4, 0.5) is 0 Å². The van der Waals surface area contributed by atoms with Gasteiger partial charge in [-0.3, -0.25) is 4.90 Å². The Bertz CT molecular complexity index is 293. The third-order valence-electron chi connectivity index (χ3n) is 3.34. The number of nitrogens with zero attached hydrogens (tertiary/aromatic N) is 1. The predicted octanol–water partition coefficient (Wildman–Crippen LogP) is 2.86. The topological polar surface area (TPSA) is 12.5 Å². The molecular formula is C14H21NO. The average Bonchev–Trinajstić information content (AvgIpc) is 2.38. The number of likely N-dealkylation sites (tertiary alicyclic amines) is 1. The van der Waals surface area contributed by atoms with Crippen LogP contribution in [0.25, 0.3) is 0 Å². The second-order valence-corrected chi connectivity index (χ2v) is 4.48. The Balaban J connectivity index is 2.09. The summed E-state index contributed by atoms with van der Waals surface area (Å²) in [6.07, 6.45) is 4.03. The molecule has 88 valence electrons. The lowest BCUT2D eigenvalue weighted by molar-refractivity contribution is 0.0767. The van der Waals surface area contributed by atoms with Crippen LogP contribution in [0.1, 0.15) is 30.9 Å². The lowest BCUT2D eigenvalue weighted by Gasteiger charge is -2.34. The van der Waals surface area contributed by atoms with Crippen molar-refractivity contribution in [3.05, 3.63) is 35.9 Å². The molecule has 0 amide bonds. The maximum Gasteiger partial charge on any atom is 0.0659 e. The van der Waals surface area contributed by atoms with Crippen LogP contribution in [0.3, 0.4) is 0 Å². The first-order valence-corrected chi connectivity index (χ1v) is 6.20. The molecule has 2 nitrogen and oxygen atoms in total. The van der Waals surface area contributed by atoms with E-state index in [0.717, 1.165) is 6.61 Å². The minimum atomic E-state index is 0.437. The third kappa shape index (κ3) is 2.83. The first kappa shape index (κ1) is 11.6. The van der Waals surface area contributed by atoms with Gasteiger partial charge >= 0.3 is 0 Å². The van der Waals surface area contributed by atoms with Gasteiger partial charge in [0.15, 0.2) is 0 Å². The van der Waals surface area contributed by atoms with Crippen LogP contribution in [-0.4, -0.2) is 31.7 Å². The molecule has 0 aliphatic carbocycles. The van der Waals surface area contributed by atoms with Crippen molar-refractivity contribution in [1.82, 2.24) is 4.90 Å². The van der Waals surface area contributed by atoms with E-state index in [1.165, 1.54) is 37.9 Å². The second-order valence-electron chi connectivity index (χ2n) is 4.48. The van der Waals surface area contributed by atoms with Crippen molar-refractivity contribution < 1.29 is 4.74 Å². The highest BCUT2D eigenvalue weighted by Crippen LogP contribution is 2.24. The maximum absolute atomic E-state index is 5.37. The minimum absolute atomic E-state index is 0.437. The van der Waals surface area contributed by atoms with Gasteiger partial charge in [0.2, 0.25) is 0 Å². The number of hydrogen-bond acceptors (Lipinski definition) is 2. The van der Waals surface area contributed by atoms with Gasteiger partial charge in [0.1, 0.15) is 0 Å². The van der Waals surface area contributed by atoms with Crippen molar-refractivity contribution in [2.24, 2.45) is 0 Å². The normalized spacial score (nSPS) is 19.6. The SMILES string of the molecule is COC[C@@H](c1ccccc1)N1CCCCC1. The third-order valence-corrected chi connectivity index (χ3v) is 3.34. The van der Waals surface area contributed by atoms with Gasteiger partial charge in [-0.2, -0.15) is 0 Å². The highest BCUT2D eigenvalue weighted by atomic mass is 16.5. The summed E-state index contributed by atoms with van der Waals surface area (Å²) in [5, 5.41) is 0. The molecule has 0 radical (unpaired) electrons. The number of methoxy groups -OCH3 is 1. The van der Waals surface area contributed by atoms with E-state index >= 15 is 0 Å². The maximum atomic E-state index is 5.37. The fraction of sp³-hybridized carbons (Fsp3) is 0.571. The standard InChI is InChI=1S/C14H21NO/c1-16-12-14(13-8-4-2-5-9-13)15-10-6-3-7-11-15/h2,4-5,8-9,14H,3,6-7,10-12H2,1H3/t14-/m0/s1. The zero-order chi connectivity index (χ0) is 11.2. The Labute approximate surface area is 98.2 Å². The molecule has 0 N–H and O–H groups in total. The molecule has 1 saturated heterocycles. The van der Waals surface area contributed by atoms with E-state index in [0.29, 0.717) is 6.04 Å². The van der Waals surface area contributed by atoms with E-state index in [-0.39, 0.29) is 0 Å². The Kier molecular flexibility index (Phi) is 4.37. The summed E-state index contributed by atoms with van der Waals surface area (Å²) in [6.45, 7) is 3.22. The second kappa shape index (κ2) is 6.02. The quantitative estimate of drug-likeness (QED) is 0.772. The molecule has 16 heavy (non-hydrogen) atoms. The summed E-state index contributed by atoms with van der Waals surface area (Å²) in [7, 11) is 1.79. The molecule has 0 aromatic heterocycles. The van der Waals surface area contributed by atoms with Crippen molar-refractivity contribution in [3.63, 3.8) is 0 Å². The van der Waals surface area contributed by atoms with Crippen molar-refractivity contribution in [1.29, 1.82) is 0 Å². The number of piperidine rings is 1. The lowest BCUT2D eigenvalue weighted by Crippen LogP contribution is -2.35. The molecule has 1 aliphatic heterocycles. The molecule has 1 aliphatic rings. The largest absolute Gasteiger partial charge is 0.383 e. The average molecular weight is 219 g/mol. The summed E-state index contributed by atoms with van der Waals surface area (Å²) in [6, 6.07) is 11.1. The lowest BCUT2D eigenvalue weighted by atomic mass is 10.0. The van der Waals surface area contributed by atoms with Crippen molar-refractivity contribution >= 4 is 0 Å². The smallest absolute Gasteiger partial charge is 0.0659 e. The van der Waals surface area contributed by atoms with Crippen LogP contribution < -0.4 is 0 Å². The van der Waals surface area contributed by atoms with Gasteiger partial charge in [0.25, 0.3) is 0 Å². The Morgan fingerprint density at radius 1 is 1.12 bits per heavy atom. The first-order chi connectivity index (χ1) is 7.92. The van der Waals surface area contributed by atoms with Crippen LogP contribution in [0.2, 0.25) is 0 Å². The van der Waals surface area contributed by atoms with E-state index in [4.69, 9.17) is 4.74 Å². The molecule has 1 heterocycles. The molecule has 2 heteroatoms.